The summed E-state index contributed by atoms with van der Waals surface area (Å²) in [6.45, 7) is 1.75. The van der Waals surface area contributed by atoms with Crippen LogP contribution in [0.15, 0.2) is 26.8 Å². The Kier molecular flexibility index (Phi) is 4.19. The Balaban J connectivity index is 2.76. The molecule has 0 saturated carbocycles. The predicted molar refractivity (Wildman–Crippen MR) is 58.3 cm³/mol. The molecule has 1 rings (SSSR count). The van der Waals surface area contributed by atoms with Crippen LogP contribution in [0, 0.1) is 0 Å². The number of nitrogens with zero attached hydrogens (tertiary/aromatic N) is 2. The highest BCUT2D eigenvalue weighted by atomic mass is 16.2. The van der Waals surface area contributed by atoms with Crippen LogP contribution >= 0.6 is 0 Å². The number of hydrogen-bond acceptors (Lipinski definition) is 4. The first-order chi connectivity index (χ1) is 7.65. The van der Waals surface area contributed by atoms with Gasteiger partial charge in [-0.2, -0.15) is 5.10 Å². The van der Waals surface area contributed by atoms with Crippen LogP contribution < -0.4 is 16.5 Å². The molecule has 1 aromatic rings. The first-order valence-electron chi connectivity index (χ1n) is 4.67. The maximum Gasteiger partial charge on any atom is 0.265 e. The van der Waals surface area contributed by atoms with E-state index in [9.17, 15) is 14.4 Å². The number of rotatable bonds is 5. The molecule has 2 N–H and O–H groups in total. The molecule has 0 aliphatic rings. The molecule has 1 unspecified atom stereocenters. The van der Waals surface area contributed by atoms with Crippen LogP contribution in [0.1, 0.15) is 19.4 Å². The van der Waals surface area contributed by atoms with Crippen LogP contribution in [0.25, 0.3) is 0 Å². The molecule has 0 saturated heterocycles. The molecule has 1 heterocycles. The standard InChI is InChI=1S/C9H12N4O3/c1-7(4-5-10-11-6-14)13-9(16)3-2-8(15)12-13/h2-3,5-7H,4H2,1H3,(H,11,14)(H,12,15)/b10-5+. The first-order valence-corrected chi connectivity index (χ1v) is 4.67. The Bertz CT molecular complexity index is 488. The van der Waals surface area contributed by atoms with Crippen molar-refractivity contribution < 1.29 is 4.79 Å². The van der Waals surface area contributed by atoms with Gasteiger partial charge in [0, 0.05) is 24.8 Å². The smallest absolute Gasteiger partial charge is 0.265 e. The zero-order chi connectivity index (χ0) is 12.0. The molecule has 0 bridgehead atoms. The minimum Gasteiger partial charge on any atom is -0.277 e. The van der Waals surface area contributed by atoms with Gasteiger partial charge in [-0.05, 0) is 6.92 Å². The highest BCUT2D eigenvalue weighted by molar-refractivity contribution is 5.59. The van der Waals surface area contributed by atoms with Crippen molar-refractivity contribution in [3.63, 3.8) is 0 Å². The van der Waals surface area contributed by atoms with Crippen molar-refractivity contribution in [1.82, 2.24) is 15.2 Å². The lowest BCUT2D eigenvalue weighted by molar-refractivity contribution is -0.109. The third kappa shape index (κ3) is 3.19. The Morgan fingerprint density at radius 1 is 1.56 bits per heavy atom. The lowest BCUT2D eigenvalue weighted by Gasteiger charge is -2.11. The zero-order valence-corrected chi connectivity index (χ0v) is 8.71. The van der Waals surface area contributed by atoms with Crippen LogP contribution in [0.2, 0.25) is 0 Å². The van der Waals surface area contributed by atoms with E-state index < -0.39 is 0 Å². The fraction of sp³-hybridized carbons (Fsp3) is 0.333. The largest absolute Gasteiger partial charge is 0.277 e. The van der Waals surface area contributed by atoms with Gasteiger partial charge < -0.3 is 0 Å². The molecule has 16 heavy (non-hydrogen) atoms. The first kappa shape index (κ1) is 11.9. The van der Waals surface area contributed by atoms with E-state index in [1.54, 1.807) is 6.92 Å². The molecule has 7 nitrogen and oxygen atoms in total. The second-order valence-electron chi connectivity index (χ2n) is 3.16. The van der Waals surface area contributed by atoms with E-state index >= 15 is 0 Å². The van der Waals surface area contributed by atoms with Crippen LogP contribution in [-0.2, 0) is 4.79 Å². The van der Waals surface area contributed by atoms with Crippen molar-refractivity contribution in [2.75, 3.05) is 0 Å². The van der Waals surface area contributed by atoms with Gasteiger partial charge in [-0.3, -0.25) is 24.9 Å². The molecule has 1 aromatic heterocycles. The van der Waals surface area contributed by atoms with E-state index in [2.05, 4.69) is 15.6 Å². The summed E-state index contributed by atoms with van der Waals surface area (Å²) >= 11 is 0. The van der Waals surface area contributed by atoms with E-state index in [1.165, 1.54) is 23.0 Å². The quantitative estimate of drug-likeness (QED) is 0.390. The van der Waals surface area contributed by atoms with Gasteiger partial charge >= 0.3 is 0 Å². The lowest BCUT2D eigenvalue weighted by atomic mass is 10.2. The molecule has 1 atom stereocenters. The monoisotopic (exact) mass is 224 g/mol. The molecule has 0 radical (unpaired) electrons. The zero-order valence-electron chi connectivity index (χ0n) is 8.71. The third-order valence-corrected chi connectivity index (χ3v) is 1.95. The third-order valence-electron chi connectivity index (χ3n) is 1.95. The second-order valence-corrected chi connectivity index (χ2v) is 3.16. The van der Waals surface area contributed by atoms with Gasteiger partial charge in [0.1, 0.15) is 0 Å². The van der Waals surface area contributed by atoms with E-state index in [0.717, 1.165) is 0 Å². The molecule has 7 heteroatoms. The number of hydrazone groups is 1. The molecule has 0 aliphatic carbocycles. The molecular formula is C9H12N4O3. The van der Waals surface area contributed by atoms with Crippen LogP contribution in [0.5, 0.6) is 0 Å². The molecule has 0 aliphatic heterocycles. The van der Waals surface area contributed by atoms with Gasteiger partial charge in [-0.1, -0.05) is 0 Å². The normalized spacial score (nSPS) is 12.6. The predicted octanol–water partition coefficient (Wildman–Crippen LogP) is -0.781. The average Bonchev–Trinajstić information content (AvgIpc) is 2.27. The Morgan fingerprint density at radius 3 is 3.00 bits per heavy atom. The molecule has 0 fully saturated rings. The van der Waals surface area contributed by atoms with Gasteiger partial charge in [0.05, 0.1) is 6.04 Å². The summed E-state index contributed by atoms with van der Waals surface area (Å²) in [7, 11) is 0. The van der Waals surface area contributed by atoms with Crippen molar-refractivity contribution in [3.05, 3.63) is 32.8 Å². The van der Waals surface area contributed by atoms with Crippen molar-refractivity contribution in [2.24, 2.45) is 5.10 Å². The summed E-state index contributed by atoms with van der Waals surface area (Å²) < 4.78 is 1.22. The minimum absolute atomic E-state index is 0.237. The second kappa shape index (κ2) is 5.64. The van der Waals surface area contributed by atoms with Crippen molar-refractivity contribution >= 4 is 12.6 Å². The van der Waals surface area contributed by atoms with Gasteiger partial charge in [0.2, 0.25) is 6.41 Å². The van der Waals surface area contributed by atoms with E-state index in [-0.39, 0.29) is 17.2 Å². The number of aromatic amines is 1. The minimum atomic E-state index is -0.339. The van der Waals surface area contributed by atoms with E-state index in [1.807, 2.05) is 0 Å². The van der Waals surface area contributed by atoms with Crippen molar-refractivity contribution in [1.29, 1.82) is 0 Å². The number of nitrogens with one attached hydrogen (secondary N) is 2. The summed E-state index contributed by atoms with van der Waals surface area (Å²) in [4.78, 5) is 32.3. The maximum atomic E-state index is 11.4. The number of aromatic nitrogens is 2. The number of H-pyrrole nitrogens is 1. The van der Waals surface area contributed by atoms with Crippen LogP contribution in [0.4, 0.5) is 0 Å². The average molecular weight is 224 g/mol. The number of carbonyl (C=O) groups excluding carboxylic acids is 1. The summed E-state index contributed by atoms with van der Waals surface area (Å²) in [6, 6.07) is 2.14. The summed E-state index contributed by atoms with van der Waals surface area (Å²) in [6.07, 6.45) is 2.31. The summed E-state index contributed by atoms with van der Waals surface area (Å²) in [5, 5.41) is 5.97. The van der Waals surface area contributed by atoms with E-state index in [4.69, 9.17) is 0 Å². The van der Waals surface area contributed by atoms with Gasteiger partial charge in [-0.15, -0.1) is 0 Å². The Morgan fingerprint density at radius 2 is 2.31 bits per heavy atom. The Hall–Kier alpha value is -2.18. The summed E-state index contributed by atoms with van der Waals surface area (Å²) in [5.41, 5.74) is 1.48. The number of amides is 1. The molecule has 0 spiro atoms. The molecule has 0 aromatic carbocycles. The molecule has 86 valence electrons. The highest BCUT2D eigenvalue weighted by Gasteiger charge is 2.05. The Labute approximate surface area is 90.8 Å². The molecular weight excluding hydrogens is 212 g/mol. The SMILES string of the molecule is CC(C/C=N/NC=O)n1[nH]c(=O)ccc1=O. The van der Waals surface area contributed by atoms with Crippen molar-refractivity contribution in [3.8, 4) is 0 Å². The maximum absolute atomic E-state index is 11.4. The van der Waals surface area contributed by atoms with Gasteiger partial charge in [0.25, 0.3) is 11.1 Å². The number of hydrogen-bond donors (Lipinski definition) is 2. The fourth-order valence-electron chi connectivity index (χ4n) is 1.16. The van der Waals surface area contributed by atoms with E-state index in [0.29, 0.717) is 12.8 Å². The van der Waals surface area contributed by atoms with Gasteiger partial charge in [-0.25, -0.2) is 4.68 Å². The highest BCUT2D eigenvalue weighted by Crippen LogP contribution is 2.01. The van der Waals surface area contributed by atoms with Crippen molar-refractivity contribution in [2.45, 2.75) is 19.4 Å². The summed E-state index contributed by atoms with van der Waals surface area (Å²) in [5.74, 6) is 0. The topological polar surface area (TPSA) is 96.3 Å². The number of carbonyl (C=O) groups is 1. The van der Waals surface area contributed by atoms with Gasteiger partial charge in [0.15, 0.2) is 0 Å². The lowest BCUT2D eigenvalue weighted by Crippen LogP contribution is -2.30. The molecule has 1 amide bonds. The fourth-order valence-corrected chi connectivity index (χ4v) is 1.16. The van der Waals surface area contributed by atoms with Crippen LogP contribution in [-0.4, -0.2) is 22.4 Å². The van der Waals surface area contributed by atoms with Crippen LogP contribution in [0.3, 0.4) is 0 Å².